The van der Waals surface area contributed by atoms with Crippen LogP contribution in [0.4, 0.5) is 10.1 Å². The number of rotatable bonds is 7. The Morgan fingerprint density at radius 3 is 2.38 bits per heavy atom. The molecule has 0 spiro atoms. The summed E-state index contributed by atoms with van der Waals surface area (Å²) in [6.07, 6.45) is 6.76. The lowest BCUT2D eigenvalue weighted by Gasteiger charge is -2.39. The number of carbonyl (C=O) groups excluding carboxylic acids is 1. The van der Waals surface area contributed by atoms with Crippen molar-refractivity contribution in [2.75, 3.05) is 44.7 Å². The van der Waals surface area contributed by atoms with Gasteiger partial charge in [-0.15, -0.1) is 0 Å². The van der Waals surface area contributed by atoms with Crippen LogP contribution in [0.25, 0.3) is 0 Å². The maximum Gasteiger partial charge on any atom is 0.230 e. The van der Waals surface area contributed by atoms with Gasteiger partial charge in [-0.1, -0.05) is 30.3 Å². The first kappa shape index (κ1) is 23.2. The lowest BCUT2D eigenvalue weighted by molar-refractivity contribution is -0.137. The molecule has 3 saturated heterocycles. The number of benzene rings is 2. The second-order valence-electron chi connectivity index (χ2n) is 9.96. The zero-order chi connectivity index (χ0) is 23.5. The number of halogens is 1. The highest BCUT2D eigenvalue weighted by atomic mass is 19.1. The molecule has 0 N–H and O–H groups in total. The monoisotopic (exact) mass is 465 g/mol. The second kappa shape index (κ2) is 10.3. The molecule has 3 aliphatic heterocycles. The van der Waals surface area contributed by atoms with Crippen molar-refractivity contribution in [3.05, 3.63) is 59.9 Å². The van der Waals surface area contributed by atoms with Gasteiger partial charge in [0.1, 0.15) is 11.6 Å². The lowest BCUT2D eigenvalue weighted by Crippen LogP contribution is -2.48. The normalized spacial score (nSPS) is 23.7. The summed E-state index contributed by atoms with van der Waals surface area (Å²) in [7, 11) is 1.63. The molecule has 3 heterocycles. The van der Waals surface area contributed by atoms with Gasteiger partial charge in [0.2, 0.25) is 5.91 Å². The summed E-state index contributed by atoms with van der Waals surface area (Å²) >= 11 is 0. The number of carbonyl (C=O) groups is 1. The molecule has 0 aromatic heterocycles. The molecule has 182 valence electrons. The Kier molecular flexibility index (Phi) is 7.05. The van der Waals surface area contributed by atoms with Crippen LogP contribution in [0.1, 0.15) is 50.0 Å². The third-order valence-electron chi connectivity index (χ3n) is 8.04. The van der Waals surface area contributed by atoms with Gasteiger partial charge in [-0.3, -0.25) is 9.69 Å². The van der Waals surface area contributed by atoms with E-state index in [1.54, 1.807) is 19.2 Å². The van der Waals surface area contributed by atoms with Crippen molar-refractivity contribution in [1.82, 2.24) is 9.80 Å². The third kappa shape index (κ3) is 4.78. The highest BCUT2D eigenvalue weighted by molar-refractivity contribution is 5.84. The van der Waals surface area contributed by atoms with E-state index in [4.69, 9.17) is 4.74 Å². The maximum absolute atomic E-state index is 13.8. The van der Waals surface area contributed by atoms with Gasteiger partial charge in [0.05, 0.1) is 18.7 Å². The summed E-state index contributed by atoms with van der Waals surface area (Å²) in [4.78, 5) is 20.7. The molecule has 2 unspecified atom stereocenters. The summed E-state index contributed by atoms with van der Waals surface area (Å²) in [5.74, 6) is 0.722. The number of amides is 1. The number of anilines is 1. The Labute approximate surface area is 202 Å². The van der Waals surface area contributed by atoms with Crippen LogP contribution in [0.15, 0.2) is 48.5 Å². The smallest absolute Gasteiger partial charge is 0.230 e. The summed E-state index contributed by atoms with van der Waals surface area (Å²) < 4.78 is 19.3. The van der Waals surface area contributed by atoms with Crippen molar-refractivity contribution >= 4 is 11.6 Å². The van der Waals surface area contributed by atoms with E-state index in [0.717, 1.165) is 63.2 Å². The second-order valence-corrected chi connectivity index (χ2v) is 9.96. The van der Waals surface area contributed by atoms with Crippen molar-refractivity contribution in [1.29, 1.82) is 0 Å². The van der Waals surface area contributed by atoms with Gasteiger partial charge < -0.3 is 14.5 Å². The first-order valence-corrected chi connectivity index (χ1v) is 12.8. The molecule has 0 aliphatic carbocycles. The minimum Gasteiger partial charge on any atom is -0.495 e. The van der Waals surface area contributed by atoms with Gasteiger partial charge in [-0.2, -0.15) is 0 Å². The van der Waals surface area contributed by atoms with Crippen LogP contribution in [-0.4, -0.2) is 67.6 Å². The molecule has 3 fully saturated rings. The SMILES string of the molecule is COc1ccc(F)cc1N1CCN(CC[C@H](C(=O)N2C3CCCC2CC3)c2ccccc2)CC1. The topological polar surface area (TPSA) is 36.0 Å². The van der Waals surface area contributed by atoms with Crippen molar-refractivity contribution < 1.29 is 13.9 Å². The molecule has 2 aromatic carbocycles. The van der Waals surface area contributed by atoms with Crippen LogP contribution in [0.3, 0.4) is 0 Å². The maximum atomic E-state index is 13.8. The summed E-state index contributed by atoms with van der Waals surface area (Å²) in [6, 6.07) is 15.9. The van der Waals surface area contributed by atoms with Crippen molar-refractivity contribution in [2.24, 2.45) is 0 Å². The predicted molar refractivity (Wildman–Crippen MR) is 133 cm³/mol. The van der Waals surface area contributed by atoms with Gasteiger partial charge in [-0.05, 0) is 62.8 Å². The minimum atomic E-state index is -0.242. The fourth-order valence-corrected chi connectivity index (χ4v) is 6.21. The number of hydrogen-bond donors (Lipinski definition) is 0. The highest BCUT2D eigenvalue weighted by Crippen LogP contribution is 2.38. The zero-order valence-corrected chi connectivity index (χ0v) is 20.2. The molecular formula is C28H36FN3O2. The molecule has 2 bridgehead atoms. The first-order chi connectivity index (χ1) is 16.6. The molecule has 6 heteroatoms. The van der Waals surface area contributed by atoms with Crippen molar-refractivity contribution in [3.63, 3.8) is 0 Å². The standard InChI is InChI=1S/C28H36FN3O2/c1-34-27-13-10-22(29)20-26(27)31-18-16-30(17-19-31)15-14-25(21-6-3-2-4-7-21)28(33)32-23-8-5-9-24(32)12-11-23/h2-4,6-7,10,13,20,23-25H,5,8-9,11-12,14-19H2,1H3/t23?,24?,25-/m0/s1. The van der Waals surface area contributed by atoms with Crippen molar-refractivity contribution in [3.8, 4) is 5.75 Å². The number of piperazine rings is 1. The van der Waals surface area contributed by atoms with Gasteiger partial charge >= 0.3 is 0 Å². The third-order valence-corrected chi connectivity index (χ3v) is 8.04. The van der Waals surface area contributed by atoms with Gasteiger partial charge in [0, 0.05) is 44.3 Å². The minimum absolute atomic E-state index is 0.0799. The van der Waals surface area contributed by atoms with Crippen LogP contribution in [-0.2, 0) is 4.79 Å². The summed E-state index contributed by atoms with van der Waals surface area (Å²) in [5.41, 5.74) is 1.96. The van der Waals surface area contributed by atoms with E-state index in [2.05, 4.69) is 26.8 Å². The summed E-state index contributed by atoms with van der Waals surface area (Å²) in [6.45, 7) is 4.32. The van der Waals surface area contributed by atoms with E-state index in [-0.39, 0.29) is 11.7 Å². The van der Waals surface area contributed by atoms with Gasteiger partial charge in [0.15, 0.2) is 0 Å². The first-order valence-electron chi connectivity index (χ1n) is 12.8. The molecule has 5 rings (SSSR count). The van der Waals surface area contributed by atoms with Crippen LogP contribution in [0.5, 0.6) is 5.75 Å². The average molecular weight is 466 g/mol. The predicted octanol–water partition coefficient (Wildman–Crippen LogP) is 4.67. The molecular weight excluding hydrogens is 429 g/mol. The molecule has 2 aromatic rings. The molecule has 3 atom stereocenters. The van der Waals surface area contributed by atoms with Gasteiger partial charge in [-0.25, -0.2) is 4.39 Å². The van der Waals surface area contributed by atoms with E-state index in [0.29, 0.717) is 23.7 Å². The number of fused-ring (bicyclic) bond motifs is 2. The quantitative estimate of drug-likeness (QED) is 0.595. The zero-order valence-electron chi connectivity index (χ0n) is 20.2. The highest BCUT2D eigenvalue weighted by Gasteiger charge is 2.42. The fourth-order valence-electron chi connectivity index (χ4n) is 6.21. The van der Waals surface area contributed by atoms with E-state index < -0.39 is 0 Å². The Balaban J connectivity index is 1.23. The van der Waals surface area contributed by atoms with Crippen LogP contribution in [0.2, 0.25) is 0 Å². The van der Waals surface area contributed by atoms with E-state index >= 15 is 0 Å². The number of methoxy groups -OCH3 is 1. The Bertz CT molecular complexity index is 961. The molecule has 34 heavy (non-hydrogen) atoms. The van der Waals surface area contributed by atoms with E-state index in [9.17, 15) is 9.18 Å². The fraction of sp³-hybridized carbons (Fsp3) is 0.536. The van der Waals surface area contributed by atoms with Crippen molar-refractivity contribution in [2.45, 2.75) is 56.5 Å². The number of ether oxygens (including phenoxy) is 1. The Morgan fingerprint density at radius 2 is 1.71 bits per heavy atom. The summed E-state index contributed by atoms with van der Waals surface area (Å²) in [5, 5.41) is 0. The van der Waals surface area contributed by atoms with E-state index in [1.807, 2.05) is 18.2 Å². The lowest BCUT2D eigenvalue weighted by atomic mass is 9.91. The number of hydrogen-bond acceptors (Lipinski definition) is 4. The Morgan fingerprint density at radius 1 is 1.00 bits per heavy atom. The average Bonchev–Trinajstić information content (AvgIpc) is 3.13. The number of nitrogens with zero attached hydrogens (tertiary/aromatic N) is 3. The van der Waals surface area contributed by atoms with Crippen LogP contribution in [0, 0.1) is 5.82 Å². The molecule has 3 aliphatic rings. The molecule has 0 saturated carbocycles. The molecule has 5 nitrogen and oxygen atoms in total. The molecule has 1 amide bonds. The largest absolute Gasteiger partial charge is 0.495 e. The van der Waals surface area contributed by atoms with Crippen LogP contribution >= 0.6 is 0 Å². The van der Waals surface area contributed by atoms with E-state index in [1.165, 1.54) is 25.3 Å². The van der Waals surface area contributed by atoms with Crippen LogP contribution < -0.4 is 9.64 Å². The Hall–Kier alpha value is -2.60. The molecule has 0 radical (unpaired) electrons. The number of piperidine rings is 1. The van der Waals surface area contributed by atoms with Gasteiger partial charge in [0.25, 0.3) is 0 Å².